The summed E-state index contributed by atoms with van der Waals surface area (Å²) in [6, 6.07) is 2.07. The first-order valence-electron chi connectivity index (χ1n) is 4.90. The molecule has 14 heavy (non-hydrogen) atoms. The van der Waals surface area contributed by atoms with Gasteiger partial charge in [0, 0.05) is 11.3 Å². The third-order valence-corrected chi connectivity index (χ3v) is 3.42. The van der Waals surface area contributed by atoms with Crippen LogP contribution >= 0.6 is 11.3 Å². The van der Waals surface area contributed by atoms with Crippen molar-refractivity contribution in [2.75, 3.05) is 6.61 Å². The molecule has 2 heterocycles. The largest absolute Gasteiger partial charge is 0.495 e. The van der Waals surface area contributed by atoms with Crippen molar-refractivity contribution in [2.24, 2.45) is 0 Å². The summed E-state index contributed by atoms with van der Waals surface area (Å²) >= 11 is 1.60. The minimum Gasteiger partial charge on any atom is -0.495 e. The average Bonchev–Trinajstić information content (AvgIpc) is 2.87. The van der Waals surface area contributed by atoms with Gasteiger partial charge in [-0.15, -0.1) is 11.3 Å². The van der Waals surface area contributed by atoms with Crippen LogP contribution in [0.25, 0.3) is 0 Å². The molecule has 1 aliphatic rings. The van der Waals surface area contributed by atoms with Gasteiger partial charge in [-0.05, 0) is 29.5 Å². The van der Waals surface area contributed by atoms with E-state index in [4.69, 9.17) is 4.74 Å². The van der Waals surface area contributed by atoms with Crippen LogP contribution in [0.4, 0.5) is 0 Å². The molecular formula is C11H14O2S. The van der Waals surface area contributed by atoms with Crippen molar-refractivity contribution in [2.45, 2.75) is 25.9 Å². The molecule has 0 amide bonds. The van der Waals surface area contributed by atoms with Gasteiger partial charge in [-0.2, -0.15) is 0 Å². The predicted molar refractivity (Wildman–Crippen MR) is 57.3 cm³/mol. The van der Waals surface area contributed by atoms with Crippen LogP contribution in [0.1, 0.15) is 29.9 Å². The smallest absolute Gasteiger partial charge is 0.145 e. The van der Waals surface area contributed by atoms with Gasteiger partial charge in [-0.1, -0.05) is 6.92 Å². The standard InChI is InChI=1S/C11H14O2S/c1-2-8-5-7-14-11(8)10(12)9-4-3-6-13-9/h4-5,7,10,12H,2-3,6H2,1H3. The molecular weight excluding hydrogens is 196 g/mol. The van der Waals surface area contributed by atoms with Gasteiger partial charge in [0.25, 0.3) is 0 Å². The SMILES string of the molecule is CCc1ccsc1C(O)C1=CCCO1. The van der Waals surface area contributed by atoms with Gasteiger partial charge in [0.2, 0.25) is 0 Å². The lowest BCUT2D eigenvalue weighted by Crippen LogP contribution is -2.02. The first kappa shape index (κ1) is 9.74. The van der Waals surface area contributed by atoms with Gasteiger partial charge in [0.05, 0.1) is 6.61 Å². The maximum atomic E-state index is 10.0. The highest BCUT2D eigenvalue weighted by atomic mass is 32.1. The summed E-state index contributed by atoms with van der Waals surface area (Å²) in [6.45, 7) is 2.81. The average molecular weight is 210 g/mol. The maximum Gasteiger partial charge on any atom is 0.145 e. The summed E-state index contributed by atoms with van der Waals surface area (Å²) in [4.78, 5) is 1.03. The summed E-state index contributed by atoms with van der Waals surface area (Å²) in [7, 11) is 0. The maximum absolute atomic E-state index is 10.0. The van der Waals surface area contributed by atoms with Crippen molar-refractivity contribution in [3.8, 4) is 0 Å². The molecule has 1 aliphatic heterocycles. The molecule has 2 nitrogen and oxygen atoms in total. The van der Waals surface area contributed by atoms with E-state index in [9.17, 15) is 5.11 Å². The summed E-state index contributed by atoms with van der Waals surface area (Å²) in [5, 5.41) is 12.1. The van der Waals surface area contributed by atoms with Gasteiger partial charge in [0.1, 0.15) is 11.9 Å². The van der Waals surface area contributed by atoms with Crippen LogP contribution in [0.5, 0.6) is 0 Å². The Morgan fingerprint density at radius 3 is 3.14 bits per heavy atom. The van der Waals surface area contributed by atoms with Crippen LogP contribution in [-0.4, -0.2) is 11.7 Å². The topological polar surface area (TPSA) is 29.5 Å². The highest BCUT2D eigenvalue weighted by Crippen LogP contribution is 2.32. The number of hydrogen-bond acceptors (Lipinski definition) is 3. The first-order valence-corrected chi connectivity index (χ1v) is 5.78. The number of ether oxygens (including phenoxy) is 1. The van der Waals surface area contributed by atoms with Gasteiger partial charge < -0.3 is 9.84 Å². The van der Waals surface area contributed by atoms with E-state index in [-0.39, 0.29) is 0 Å². The zero-order valence-corrected chi connectivity index (χ0v) is 9.01. The Morgan fingerprint density at radius 1 is 1.64 bits per heavy atom. The summed E-state index contributed by atoms with van der Waals surface area (Å²) < 4.78 is 5.36. The van der Waals surface area contributed by atoms with Crippen molar-refractivity contribution in [1.29, 1.82) is 0 Å². The van der Waals surface area contributed by atoms with Crippen molar-refractivity contribution in [3.63, 3.8) is 0 Å². The van der Waals surface area contributed by atoms with Crippen LogP contribution in [-0.2, 0) is 11.2 Å². The number of hydrogen-bond donors (Lipinski definition) is 1. The van der Waals surface area contributed by atoms with Gasteiger partial charge in [-0.25, -0.2) is 0 Å². The van der Waals surface area contributed by atoms with E-state index in [1.54, 1.807) is 11.3 Å². The molecule has 0 radical (unpaired) electrons. The van der Waals surface area contributed by atoms with E-state index in [1.165, 1.54) is 5.56 Å². The molecule has 0 aliphatic carbocycles. The fraction of sp³-hybridized carbons (Fsp3) is 0.455. The Balaban J connectivity index is 2.21. The van der Waals surface area contributed by atoms with Crippen molar-refractivity contribution < 1.29 is 9.84 Å². The lowest BCUT2D eigenvalue weighted by atomic mass is 10.1. The van der Waals surface area contributed by atoms with Crippen LogP contribution < -0.4 is 0 Å². The second-order valence-corrected chi connectivity index (χ2v) is 4.26. The van der Waals surface area contributed by atoms with Crippen molar-refractivity contribution in [3.05, 3.63) is 33.7 Å². The zero-order chi connectivity index (χ0) is 9.97. The quantitative estimate of drug-likeness (QED) is 0.831. The lowest BCUT2D eigenvalue weighted by molar-refractivity contribution is 0.120. The third kappa shape index (κ3) is 1.70. The monoisotopic (exact) mass is 210 g/mol. The Kier molecular flexibility index (Phi) is 2.89. The molecule has 1 N–H and O–H groups in total. The summed E-state index contributed by atoms with van der Waals surface area (Å²) in [5.41, 5.74) is 1.22. The molecule has 1 aromatic rings. The molecule has 1 aromatic heterocycles. The van der Waals surface area contributed by atoms with E-state index in [1.807, 2.05) is 11.5 Å². The number of aliphatic hydroxyl groups is 1. The van der Waals surface area contributed by atoms with E-state index in [0.717, 1.165) is 23.5 Å². The predicted octanol–water partition coefficient (Wildman–Crippen LogP) is 2.65. The minimum absolute atomic E-state index is 0.549. The van der Waals surface area contributed by atoms with Crippen LogP contribution in [0.2, 0.25) is 0 Å². The second kappa shape index (κ2) is 4.15. The van der Waals surface area contributed by atoms with Gasteiger partial charge in [-0.3, -0.25) is 0 Å². The summed E-state index contributed by atoms with van der Waals surface area (Å²) in [6.07, 6.45) is 3.30. The van der Waals surface area contributed by atoms with E-state index >= 15 is 0 Å². The number of aryl methyl sites for hydroxylation is 1. The number of aliphatic hydroxyl groups excluding tert-OH is 1. The van der Waals surface area contributed by atoms with Gasteiger partial charge in [0.15, 0.2) is 0 Å². The molecule has 0 fully saturated rings. The third-order valence-electron chi connectivity index (χ3n) is 2.41. The number of rotatable bonds is 3. The molecule has 1 unspecified atom stereocenters. The molecule has 0 aromatic carbocycles. The van der Waals surface area contributed by atoms with E-state index in [0.29, 0.717) is 6.61 Å². The van der Waals surface area contributed by atoms with Gasteiger partial charge >= 0.3 is 0 Å². The number of thiophene rings is 1. The van der Waals surface area contributed by atoms with Crippen molar-refractivity contribution >= 4 is 11.3 Å². The highest BCUT2D eigenvalue weighted by molar-refractivity contribution is 7.10. The molecule has 0 saturated heterocycles. The molecule has 76 valence electrons. The molecule has 0 bridgehead atoms. The summed E-state index contributed by atoms with van der Waals surface area (Å²) in [5.74, 6) is 0.724. The van der Waals surface area contributed by atoms with Crippen LogP contribution in [0.3, 0.4) is 0 Å². The Morgan fingerprint density at radius 2 is 2.50 bits per heavy atom. The molecule has 0 spiro atoms. The Bertz CT molecular complexity index is 341. The zero-order valence-electron chi connectivity index (χ0n) is 8.19. The fourth-order valence-electron chi connectivity index (χ4n) is 1.64. The molecule has 0 saturated carbocycles. The van der Waals surface area contributed by atoms with E-state index < -0.39 is 6.10 Å². The Hall–Kier alpha value is -0.800. The first-order chi connectivity index (χ1) is 6.83. The van der Waals surface area contributed by atoms with Crippen LogP contribution in [0.15, 0.2) is 23.3 Å². The highest BCUT2D eigenvalue weighted by Gasteiger charge is 2.21. The van der Waals surface area contributed by atoms with Crippen LogP contribution in [0, 0.1) is 0 Å². The molecule has 2 rings (SSSR count). The molecule has 1 atom stereocenters. The van der Waals surface area contributed by atoms with Crippen molar-refractivity contribution in [1.82, 2.24) is 0 Å². The normalized spacial score (nSPS) is 17.7. The second-order valence-electron chi connectivity index (χ2n) is 3.31. The lowest BCUT2D eigenvalue weighted by Gasteiger charge is -2.12. The minimum atomic E-state index is -0.549. The van der Waals surface area contributed by atoms with E-state index in [2.05, 4.69) is 13.0 Å². The fourth-order valence-corrected chi connectivity index (χ4v) is 2.62. The molecule has 3 heteroatoms. The Labute approximate surface area is 87.8 Å².